The number of carbonyl (C=O) groups excluding carboxylic acids is 3. The highest BCUT2D eigenvalue weighted by molar-refractivity contribution is 5.93. The molecule has 7 atom stereocenters. The third-order valence-electron chi connectivity index (χ3n) is 9.57. The first-order valence-electron chi connectivity index (χ1n) is 12.0. The lowest BCUT2D eigenvalue weighted by Crippen LogP contribution is -2.62. The van der Waals surface area contributed by atoms with E-state index in [1.54, 1.807) is 12.1 Å². The van der Waals surface area contributed by atoms with E-state index in [9.17, 15) is 24.6 Å². The predicted octanol–water partition coefficient (Wildman–Crippen LogP) is 3.24. The van der Waals surface area contributed by atoms with Crippen molar-refractivity contribution >= 4 is 17.5 Å². The standard InChI is InChI=1S/C26H32O7/c1-24-9-7-16(27)12-15(24)5-6-17-18-8-10-26(31,25(18,2)13-19(28)22(17)24)21(29)14-33-23(30)20-4-3-11-32-20/h3-4,11-12,17-19,22,28,31H,5-10,13-14H2,1-2H3. The summed E-state index contributed by atoms with van der Waals surface area (Å²) in [5, 5.41) is 23.1. The number of aliphatic hydroxyl groups is 2. The number of allylic oxidation sites excluding steroid dienone is 1. The molecule has 0 bridgehead atoms. The van der Waals surface area contributed by atoms with Crippen molar-refractivity contribution < 1.29 is 33.8 Å². The van der Waals surface area contributed by atoms with Crippen LogP contribution in [-0.2, 0) is 14.3 Å². The lowest BCUT2D eigenvalue weighted by molar-refractivity contribution is -0.182. The second-order valence-corrected chi connectivity index (χ2v) is 11.0. The maximum absolute atomic E-state index is 13.2. The Balaban J connectivity index is 1.38. The van der Waals surface area contributed by atoms with E-state index in [-0.39, 0.29) is 34.7 Å². The van der Waals surface area contributed by atoms with Crippen molar-refractivity contribution in [3.63, 3.8) is 0 Å². The Morgan fingerprint density at radius 2 is 2.00 bits per heavy atom. The molecule has 3 saturated carbocycles. The topological polar surface area (TPSA) is 114 Å². The lowest BCUT2D eigenvalue weighted by atomic mass is 9.45. The van der Waals surface area contributed by atoms with Gasteiger partial charge in [-0.05, 0) is 79.9 Å². The maximum Gasteiger partial charge on any atom is 0.374 e. The van der Waals surface area contributed by atoms with Gasteiger partial charge in [0.25, 0.3) is 0 Å². The van der Waals surface area contributed by atoms with Gasteiger partial charge in [0.1, 0.15) is 5.60 Å². The van der Waals surface area contributed by atoms with E-state index >= 15 is 0 Å². The fourth-order valence-electron chi connectivity index (χ4n) is 7.87. The van der Waals surface area contributed by atoms with Crippen molar-refractivity contribution in [2.45, 2.75) is 70.5 Å². The van der Waals surface area contributed by atoms with Gasteiger partial charge in [0.15, 0.2) is 12.4 Å². The molecule has 5 rings (SSSR count). The molecule has 1 heterocycles. The van der Waals surface area contributed by atoms with E-state index < -0.39 is 35.5 Å². The number of hydrogen-bond donors (Lipinski definition) is 2. The van der Waals surface area contributed by atoms with Gasteiger partial charge in [0, 0.05) is 11.8 Å². The smallest absolute Gasteiger partial charge is 0.374 e. The second-order valence-electron chi connectivity index (χ2n) is 11.0. The molecule has 4 aliphatic carbocycles. The zero-order valence-electron chi connectivity index (χ0n) is 19.2. The van der Waals surface area contributed by atoms with E-state index in [4.69, 9.17) is 9.15 Å². The number of Topliss-reactive ketones (excluding diaryl/α,β-unsaturated/α-hetero) is 1. The highest BCUT2D eigenvalue weighted by Gasteiger charge is 2.68. The first-order chi connectivity index (χ1) is 15.6. The van der Waals surface area contributed by atoms with Crippen molar-refractivity contribution in [2.24, 2.45) is 28.6 Å². The first-order valence-corrected chi connectivity index (χ1v) is 12.0. The van der Waals surface area contributed by atoms with Gasteiger partial charge in [-0.1, -0.05) is 19.4 Å². The number of esters is 1. The molecule has 1 aromatic heterocycles. The molecule has 0 radical (unpaired) electrons. The van der Waals surface area contributed by atoms with Gasteiger partial charge in [0.2, 0.25) is 11.5 Å². The van der Waals surface area contributed by atoms with Crippen molar-refractivity contribution in [3.8, 4) is 0 Å². The average Bonchev–Trinajstić information content (AvgIpc) is 3.39. The summed E-state index contributed by atoms with van der Waals surface area (Å²) in [6.07, 6.45) is 6.65. The number of rotatable bonds is 4. The summed E-state index contributed by atoms with van der Waals surface area (Å²) in [6.45, 7) is 3.55. The average molecular weight is 457 g/mol. The van der Waals surface area contributed by atoms with Gasteiger partial charge in [-0.2, -0.15) is 0 Å². The van der Waals surface area contributed by atoms with Crippen molar-refractivity contribution in [2.75, 3.05) is 6.61 Å². The van der Waals surface area contributed by atoms with Crippen LogP contribution in [0.2, 0.25) is 0 Å². The molecule has 0 aliphatic heterocycles. The first kappa shape index (κ1) is 22.5. The molecule has 0 amide bonds. The van der Waals surface area contributed by atoms with Crippen LogP contribution in [0.5, 0.6) is 0 Å². The summed E-state index contributed by atoms with van der Waals surface area (Å²) < 4.78 is 10.1. The Kier molecular flexibility index (Phi) is 5.21. The number of hydrogen-bond acceptors (Lipinski definition) is 7. The molecule has 0 spiro atoms. The number of furan rings is 1. The Hall–Kier alpha value is -2.25. The van der Waals surface area contributed by atoms with Gasteiger partial charge in [-0.15, -0.1) is 0 Å². The molecular formula is C26H32O7. The van der Waals surface area contributed by atoms with Gasteiger partial charge in [-0.3, -0.25) is 9.59 Å². The van der Waals surface area contributed by atoms with Crippen molar-refractivity contribution in [3.05, 3.63) is 35.8 Å². The molecular weight excluding hydrogens is 424 g/mol. The molecule has 0 saturated heterocycles. The van der Waals surface area contributed by atoms with Crippen LogP contribution in [0.15, 0.2) is 34.5 Å². The van der Waals surface area contributed by atoms with E-state index in [0.29, 0.717) is 25.7 Å². The Labute approximate surface area is 193 Å². The largest absolute Gasteiger partial charge is 0.457 e. The van der Waals surface area contributed by atoms with Gasteiger partial charge < -0.3 is 19.4 Å². The van der Waals surface area contributed by atoms with Crippen molar-refractivity contribution in [1.82, 2.24) is 0 Å². The van der Waals surface area contributed by atoms with Crippen LogP contribution in [0, 0.1) is 28.6 Å². The highest BCUT2D eigenvalue weighted by Crippen LogP contribution is 2.67. The minimum Gasteiger partial charge on any atom is -0.457 e. The van der Waals surface area contributed by atoms with Crippen LogP contribution in [0.25, 0.3) is 0 Å². The van der Waals surface area contributed by atoms with E-state index in [1.807, 2.05) is 6.92 Å². The van der Waals surface area contributed by atoms with E-state index in [0.717, 1.165) is 24.8 Å². The molecule has 1 aromatic rings. The Bertz CT molecular complexity index is 1010. The van der Waals surface area contributed by atoms with Gasteiger partial charge in [0.05, 0.1) is 12.4 Å². The summed E-state index contributed by atoms with van der Waals surface area (Å²) in [7, 11) is 0. The lowest BCUT2D eigenvalue weighted by Gasteiger charge is -2.60. The normalized spacial score (nSPS) is 42.1. The highest BCUT2D eigenvalue weighted by atomic mass is 16.5. The van der Waals surface area contributed by atoms with Gasteiger partial charge in [-0.25, -0.2) is 4.79 Å². The molecule has 0 aromatic carbocycles. The fourth-order valence-corrected chi connectivity index (χ4v) is 7.87. The minimum absolute atomic E-state index is 0.00602. The second kappa shape index (κ2) is 7.64. The van der Waals surface area contributed by atoms with E-state index in [2.05, 4.69) is 6.92 Å². The fraction of sp³-hybridized carbons (Fsp3) is 0.654. The van der Waals surface area contributed by atoms with Gasteiger partial charge >= 0.3 is 5.97 Å². The van der Waals surface area contributed by atoms with Crippen molar-refractivity contribution in [1.29, 1.82) is 0 Å². The molecule has 3 fully saturated rings. The van der Waals surface area contributed by atoms with Crippen LogP contribution in [0.3, 0.4) is 0 Å². The number of fused-ring (bicyclic) bond motifs is 5. The monoisotopic (exact) mass is 456 g/mol. The number of ketones is 2. The number of carbonyl (C=O) groups is 3. The maximum atomic E-state index is 13.2. The van der Waals surface area contributed by atoms with Crippen LogP contribution in [0.1, 0.15) is 69.3 Å². The summed E-state index contributed by atoms with van der Waals surface area (Å²) in [5.74, 6) is -0.834. The molecule has 33 heavy (non-hydrogen) atoms. The number of aliphatic hydroxyl groups excluding tert-OH is 1. The molecule has 7 unspecified atom stereocenters. The third kappa shape index (κ3) is 3.19. The molecule has 4 aliphatic rings. The summed E-state index contributed by atoms with van der Waals surface area (Å²) in [5.41, 5.74) is -1.53. The SMILES string of the molecule is CC12CCC(=O)C=C1CCC1C2C(O)CC2(C)C1CCC2(O)C(=O)COC(=O)c1ccco1. The summed E-state index contributed by atoms with van der Waals surface area (Å²) >= 11 is 0. The zero-order chi connectivity index (χ0) is 23.6. The zero-order valence-corrected chi connectivity index (χ0v) is 19.2. The van der Waals surface area contributed by atoms with E-state index in [1.165, 1.54) is 12.3 Å². The molecule has 7 nitrogen and oxygen atoms in total. The van der Waals surface area contributed by atoms with Crippen LogP contribution in [0.4, 0.5) is 0 Å². The molecule has 7 heteroatoms. The number of ether oxygens (including phenoxy) is 1. The van der Waals surface area contributed by atoms with Crippen LogP contribution < -0.4 is 0 Å². The van der Waals surface area contributed by atoms with Crippen LogP contribution >= 0.6 is 0 Å². The third-order valence-corrected chi connectivity index (χ3v) is 9.57. The van der Waals surface area contributed by atoms with Crippen LogP contribution in [-0.4, -0.2) is 46.1 Å². The summed E-state index contributed by atoms with van der Waals surface area (Å²) in [4.78, 5) is 37.3. The Morgan fingerprint density at radius 3 is 2.73 bits per heavy atom. The Morgan fingerprint density at radius 1 is 1.21 bits per heavy atom. The minimum atomic E-state index is -1.66. The molecule has 2 N–H and O–H groups in total. The predicted molar refractivity (Wildman–Crippen MR) is 117 cm³/mol. The molecule has 178 valence electrons. The quantitative estimate of drug-likeness (QED) is 0.669. The summed E-state index contributed by atoms with van der Waals surface area (Å²) in [6, 6.07) is 3.01.